The Balaban J connectivity index is 2.24. The van der Waals surface area contributed by atoms with Crippen LogP contribution in [0.5, 0.6) is 0 Å². The second-order valence-corrected chi connectivity index (χ2v) is 4.41. The molecule has 0 N–H and O–H groups in total. The third-order valence-electron chi connectivity index (χ3n) is 2.48. The maximum absolute atomic E-state index is 11.8. The summed E-state index contributed by atoms with van der Waals surface area (Å²) in [6, 6.07) is 5.02. The van der Waals surface area contributed by atoms with Crippen molar-refractivity contribution in [1.82, 2.24) is 0 Å². The van der Waals surface area contributed by atoms with Gasteiger partial charge in [0.1, 0.15) is 0 Å². The Kier molecular flexibility index (Phi) is 2.54. The summed E-state index contributed by atoms with van der Waals surface area (Å²) in [6.45, 7) is 2.00. The smallest absolute Gasteiger partial charge is 0.166 e. The molecule has 0 amide bonds. The summed E-state index contributed by atoms with van der Waals surface area (Å²) in [6.07, 6.45) is 0.916. The first-order valence-electron chi connectivity index (χ1n) is 4.41. The van der Waals surface area contributed by atoms with Crippen molar-refractivity contribution in [2.45, 2.75) is 13.3 Å². The number of Topliss-reactive ketones (excluding diaryl/α,β-unsaturated/α-hetero) is 1. The highest BCUT2D eigenvalue weighted by Gasteiger charge is 2.39. The fourth-order valence-electron chi connectivity index (χ4n) is 1.43. The summed E-state index contributed by atoms with van der Waals surface area (Å²) in [5, 5.41) is 0.926. The van der Waals surface area contributed by atoms with Crippen LogP contribution in [-0.4, -0.2) is 5.78 Å². The fourth-order valence-corrected chi connectivity index (χ4v) is 1.73. The number of carbonyl (C=O) groups is 1. The van der Waals surface area contributed by atoms with Crippen LogP contribution < -0.4 is 0 Å². The first-order chi connectivity index (χ1) is 6.59. The molecular formula is C11H9Cl2O. The van der Waals surface area contributed by atoms with E-state index in [1.807, 2.05) is 6.92 Å². The Bertz CT molecular complexity index is 387. The van der Waals surface area contributed by atoms with E-state index >= 15 is 0 Å². The fraction of sp³-hybridized carbons (Fsp3) is 0.273. The monoisotopic (exact) mass is 227 g/mol. The van der Waals surface area contributed by atoms with Crippen LogP contribution in [0.4, 0.5) is 0 Å². The summed E-state index contributed by atoms with van der Waals surface area (Å²) >= 11 is 11.6. The van der Waals surface area contributed by atoms with Crippen LogP contribution >= 0.6 is 23.2 Å². The lowest BCUT2D eigenvalue weighted by atomic mass is 10.1. The summed E-state index contributed by atoms with van der Waals surface area (Å²) in [4.78, 5) is 11.8. The van der Waals surface area contributed by atoms with Crippen molar-refractivity contribution in [3.63, 3.8) is 0 Å². The Morgan fingerprint density at radius 1 is 1.36 bits per heavy atom. The highest BCUT2D eigenvalue weighted by molar-refractivity contribution is 6.42. The lowest BCUT2D eigenvalue weighted by Crippen LogP contribution is -2.02. The SMILES string of the molecule is C[C]1CC1C(=O)c1ccc(Cl)c(Cl)c1. The van der Waals surface area contributed by atoms with E-state index in [2.05, 4.69) is 0 Å². The minimum Gasteiger partial charge on any atom is -0.294 e. The number of hydrogen-bond donors (Lipinski definition) is 0. The largest absolute Gasteiger partial charge is 0.294 e. The summed E-state index contributed by atoms with van der Waals surface area (Å²) in [5.74, 6) is 1.52. The predicted octanol–water partition coefficient (Wildman–Crippen LogP) is 3.79. The van der Waals surface area contributed by atoms with Gasteiger partial charge >= 0.3 is 0 Å². The molecule has 2 rings (SSSR count). The Hall–Kier alpha value is -0.530. The zero-order chi connectivity index (χ0) is 10.3. The van der Waals surface area contributed by atoms with Gasteiger partial charge in [-0.05, 0) is 30.5 Å². The standard InChI is InChI=1S/C11H9Cl2O/c1-6-4-8(6)11(14)7-2-3-9(12)10(13)5-7/h2-3,5,8H,4H2,1H3. The third kappa shape index (κ3) is 1.79. The first kappa shape index (κ1) is 10.0. The maximum Gasteiger partial charge on any atom is 0.166 e. The molecule has 1 nitrogen and oxygen atoms in total. The van der Waals surface area contributed by atoms with Gasteiger partial charge in [-0.2, -0.15) is 0 Å². The molecule has 1 atom stereocenters. The van der Waals surface area contributed by atoms with Crippen molar-refractivity contribution >= 4 is 29.0 Å². The van der Waals surface area contributed by atoms with Gasteiger partial charge in [0.15, 0.2) is 5.78 Å². The lowest BCUT2D eigenvalue weighted by Gasteiger charge is -2.01. The topological polar surface area (TPSA) is 17.1 Å². The summed E-state index contributed by atoms with van der Waals surface area (Å²) < 4.78 is 0. The van der Waals surface area contributed by atoms with E-state index in [1.165, 1.54) is 5.92 Å². The molecule has 0 aliphatic heterocycles. The van der Waals surface area contributed by atoms with Gasteiger partial charge in [0.25, 0.3) is 0 Å². The number of carbonyl (C=O) groups excluding carboxylic acids is 1. The van der Waals surface area contributed by atoms with E-state index in [1.54, 1.807) is 18.2 Å². The van der Waals surface area contributed by atoms with E-state index in [0.717, 1.165) is 6.42 Å². The molecule has 0 bridgehead atoms. The van der Waals surface area contributed by atoms with Crippen molar-refractivity contribution in [3.8, 4) is 0 Å². The van der Waals surface area contributed by atoms with Crippen LogP contribution in [-0.2, 0) is 0 Å². The Labute approximate surface area is 93.0 Å². The molecule has 0 aromatic heterocycles. The summed E-state index contributed by atoms with van der Waals surface area (Å²) in [7, 11) is 0. The molecule has 0 saturated heterocycles. The van der Waals surface area contributed by atoms with Gasteiger partial charge in [-0.3, -0.25) is 4.79 Å². The molecule has 1 saturated carbocycles. The molecule has 1 fully saturated rings. The number of rotatable bonds is 2. The molecule has 3 heteroatoms. The number of ketones is 1. The summed E-state index contributed by atoms with van der Waals surface area (Å²) in [5.41, 5.74) is 0.654. The van der Waals surface area contributed by atoms with Crippen molar-refractivity contribution in [1.29, 1.82) is 0 Å². The van der Waals surface area contributed by atoms with Crippen LogP contribution in [0.3, 0.4) is 0 Å². The van der Waals surface area contributed by atoms with E-state index in [-0.39, 0.29) is 11.7 Å². The molecule has 0 spiro atoms. The van der Waals surface area contributed by atoms with Crippen LogP contribution in [0.25, 0.3) is 0 Å². The second-order valence-electron chi connectivity index (χ2n) is 3.60. The molecule has 1 aliphatic rings. The van der Waals surface area contributed by atoms with Gasteiger partial charge in [-0.25, -0.2) is 0 Å². The zero-order valence-corrected chi connectivity index (χ0v) is 9.19. The zero-order valence-electron chi connectivity index (χ0n) is 7.68. The van der Waals surface area contributed by atoms with Gasteiger partial charge in [-0.1, -0.05) is 30.1 Å². The number of benzene rings is 1. The second kappa shape index (κ2) is 3.56. The van der Waals surface area contributed by atoms with Crippen LogP contribution in [0.1, 0.15) is 23.7 Å². The molecule has 73 valence electrons. The van der Waals surface area contributed by atoms with Crippen molar-refractivity contribution in [2.75, 3.05) is 0 Å². The molecule has 0 heterocycles. The van der Waals surface area contributed by atoms with Crippen LogP contribution in [0.15, 0.2) is 18.2 Å². The Morgan fingerprint density at radius 3 is 2.50 bits per heavy atom. The molecule has 14 heavy (non-hydrogen) atoms. The molecule has 1 aromatic carbocycles. The quantitative estimate of drug-likeness (QED) is 0.703. The highest BCUT2D eigenvalue weighted by Crippen LogP contribution is 2.42. The van der Waals surface area contributed by atoms with Gasteiger partial charge in [0.05, 0.1) is 10.0 Å². The van der Waals surface area contributed by atoms with Gasteiger partial charge in [-0.15, -0.1) is 0 Å². The van der Waals surface area contributed by atoms with E-state index in [4.69, 9.17) is 23.2 Å². The van der Waals surface area contributed by atoms with Gasteiger partial charge in [0, 0.05) is 11.5 Å². The number of hydrogen-bond acceptors (Lipinski definition) is 1. The highest BCUT2D eigenvalue weighted by atomic mass is 35.5. The van der Waals surface area contributed by atoms with Crippen molar-refractivity contribution in [3.05, 3.63) is 39.7 Å². The number of halogens is 2. The molecule has 1 radical (unpaired) electrons. The minimum atomic E-state index is 0.118. The average molecular weight is 228 g/mol. The lowest BCUT2D eigenvalue weighted by molar-refractivity contribution is 0.0970. The Morgan fingerprint density at radius 2 is 2.00 bits per heavy atom. The molecular weight excluding hydrogens is 219 g/mol. The van der Waals surface area contributed by atoms with E-state index < -0.39 is 0 Å². The average Bonchev–Trinajstić information content (AvgIpc) is 2.86. The van der Waals surface area contributed by atoms with Crippen LogP contribution in [0, 0.1) is 11.8 Å². The predicted molar refractivity (Wildman–Crippen MR) is 57.8 cm³/mol. The molecule has 1 aliphatic carbocycles. The molecule has 1 unspecified atom stereocenters. The minimum absolute atomic E-state index is 0.118. The third-order valence-corrected chi connectivity index (χ3v) is 3.22. The van der Waals surface area contributed by atoms with E-state index in [0.29, 0.717) is 15.6 Å². The van der Waals surface area contributed by atoms with E-state index in [9.17, 15) is 4.79 Å². The van der Waals surface area contributed by atoms with Gasteiger partial charge in [0.2, 0.25) is 0 Å². The van der Waals surface area contributed by atoms with Gasteiger partial charge < -0.3 is 0 Å². The maximum atomic E-state index is 11.8. The normalized spacial score (nSPS) is 20.9. The van der Waals surface area contributed by atoms with Crippen LogP contribution in [0.2, 0.25) is 10.0 Å². The molecule has 1 aromatic rings. The van der Waals surface area contributed by atoms with Crippen molar-refractivity contribution in [2.24, 2.45) is 5.92 Å². The van der Waals surface area contributed by atoms with Crippen molar-refractivity contribution < 1.29 is 4.79 Å². The first-order valence-corrected chi connectivity index (χ1v) is 5.17.